The van der Waals surface area contributed by atoms with Crippen LogP contribution in [0.15, 0.2) is 17.0 Å². The highest BCUT2D eigenvalue weighted by molar-refractivity contribution is 8.26. The molecule has 1 aliphatic heterocycles. The zero-order chi connectivity index (χ0) is 17.1. The second-order valence-corrected chi connectivity index (χ2v) is 6.77. The van der Waals surface area contributed by atoms with Crippen LogP contribution in [0.4, 0.5) is 0 Å². The molecule has 5 nitrogen and oxygen atoms in total. The number of nitrogens with zero attached hydrogens (tertiary/aromatic N) is 1. The van der Waals surface area contributed by atoms with Crippen molar-refractivity contribution in [1.29, 1.82) is 0 Å². The topological polar surface area (TPSA) is 48.0 Å². The van der Waals surface area contributed by atoms with E-state index in [0.29, 0.717) is 26.5 Å². The van der Waals surface area contributed by atoms with Gasteiger partial charge in [-0.15, -0.1) is 0 Å². The molecule has 1 saturated heterocycles. The molecule has 0 bridgehead atoms. The average molecular weight is 353 g/mol. The lowest BCUT2D eigenvalue weighted by atomic mass is 10.1. The highest BCUT2D eigenvalue weighted by atomic mass is 32.2. The molecule has 23 heavy (non-hydrogen) atoms. The van der Waals surface area contributed by atoms with Crippen molar-refractivity contribution in [1.82, 2.24) is 4.90 Å². The molecule has 0 N–H and O–H groups in total. The summed E-state index contributed by atoms with van der Waals surface area (Å²) in [5, 5.41) is 0. The first-order chi connectivity index (χ1) is 10.9. The van der Waals surface area contributed by atoms with Crippen LogP contribution in [0, 0.1) is 0 Å². The van der Waals surface area contributed by atoms with Crippen LogP contribution in [0.5, 0.6) is 17.2 Å². The highest BCUT2D eigenvalue weighted by Gasteiger charge is 2.34. The van der Waals surface area contributed by atoms with Gasteiger partial charge in [0.1, 0.15) is 10.1 Å². The minimum atomic E-state index is -0.0909. The fourth-order valence-corrected chi connectivity index (χ4v) is 3.75. The summed E-state index contributed by atoms with van der Waals surface area (Å²) in [5.74, 6) is 1.64. The third-order valence-electron chi connectivity index (χ3n) is 3.36. The summed E-state index contributed by atoms with van der Waals surface area (Å²) in [6, 6.07) is 3.54. The van der Waals surface area contributed by atoms with E-state index in [-0.39, 0.29) is 11.9 Å². The summed E-state index contributed by atoms with van der Waals surface area (Å²) >= 11 is 6.58. The molecule has 1 heterocycles. The maximum atomic E-state index is 12.5. The van der Waals surface area contributed by atoms with Crippen molar-refractivity contribution >= 4 is 40.3 Å². The molecule has 0 spiro atoms. The van der Waals surface area contributed by atoms with Gasteiger partial charge in [0.05, 0.1) is 26.2 Å². The standard InChI is InChI=1S/C16H19NO4S2/c1-9(2)17-15(18)14(23-16(17)22)7-10-6-12(20-4)13(21-5)8-11(10)19-3/h6-9H,1-5H3. The van der Waals surface area contributed by atoms with E-state index in [1.807, 2.05) is 13.8 Å². The number of ether oxygens (including phenoxy) is 3. The van der Waals surface area contributed by atoms with Crippen LogP contribution in [0.1, 0.15) is 19.4 Å². The van der Waals surface area contributed by atoms with Crippen LogP contribution in [0.25, 0.3) is 6.08 Å². The van der Waals surface area contributed by atoms with Crippen LogP contribution in [-0.4, -0.2) is 42.5 Å². The lowest BCUT2D eigenvalue weighted by Crippen LogP contribution is -2.34. The zero-order valence-corrected chi connectivity index (χ0v) is 15.3. The Labute approximate surface area is 145 Å². The van der Waals surface area contributed by atoms with Crippen LogP contribution in [0.3, 0.4) is 0 Å². The van der Waals surface area contributed by atoms with Crippen molar-refractivity contribution < 1.29 is 19.0 Å². The Morgan fingerprint density at radius 2 is 1.65 bits per heavy atom. The number of carbonyl (C=O) groups excluding carboxylic acids is 1. The Morgan fingerprint density at radius 3 is 2.13 bits per heavy atom. The van der Waals surface area contributed by atoms with Gasteiger partial charge in [-0.3, -0.25) is 9.69 Å². The second-order valence-electron chi connectivity index (χ2n) is 5.09. The van der Waals surface area contributed by atoms with Crippen molar-refractivity contribution in [2.45, 2.75) is 19.9 Å². The van der Waals surface area contributed by atoms with Gasteiger partial charge >= 0.3 is 0 Å². The molecule has 0 saturated carbocycles. The number of benzene rings is 1. The molecule has 0 aliphatic carbocycles. The molecule has 124 valence electrons. The molecule has 1 amide bonds. The fourth-order valence-electron chi connectivity index (χ4n) is 2.23. The molecule has 0 aromatic heterocycles. The van der Waals surface area contributed by atoms with Crippen molar-refractivity contribution in [2.75, 3.05) is 21.3 Å². The molecule has 1 aliphatic rings. The van der Waals surface area contributed by atoms with Gasteiger partial charge in [0, 0.05) is 17.7 Å². The Morgan fingerprint density at radius 1 is 1.09 bits per heavy atom. The Balaban J connectivity index is 2.47. The SMILES string of the molecule is COc1cc(OC)c(OC)cc1C=C1SC(=S)N(C(C)C)C1=O. The fraction of sp³-hybridized carbons (Fsp3) is 0.375. The number of hydrogen-bond acceptors (Lipinski definition) is 6. The van der Waals surface area contributed by atoms with E-state index in [9.17, 15) is 4.79 Å². The van der Waals surface area contributed by atoms with Gasteiger partial charge in [-0.25, -0.2) is 0 Å². The Bertz CT molecular complexity index is 670. The van der Waals surface area contributed by atoms with E-state index >= 15 is 0 Å². The summed E-state index contributed by atoms with van der Waals surface area (Å²) < 4.78 is 16.5. The maximum absolute atomic E-state index is 12.5. The number of rotatable bonds is 5. The minimum Gasteiger partial charge on any atom is -0.496 e. The highest BCUT2D eigenvalue weighted by Crippen LogP contribution is 2.39. The minimum absolute atomic E-state index is 0.0284. The molecular formula is C16H19NO4S2. The Hall–Kier alpha value is -1.73. The maximum Gasteiger partial charge on any atom is 0.266 e. The molecule has 7 heteroatoms. The van der Waals surface area contributed by atoms with Gasteiger partial charge in [0.15, 0.2) is 11.5 Å². The van der Waals surface area contributed by atoms with Gasteiger partial charge in [-0.05, 0) is 26.0 Å². The number of thioether (sulfide) groups is 1. The molecule has 0 radical (unpaired) electrons. The number of hydrogen-bond donors (Lipinski definition) is 0. The molecule has 2 rings (SSSR count). The first-order valence-corrected chi connectivity index (χ1v) is 8.22. The van der Waals surface area contributed by atoms with Crippen LogP contribution in [0.2, 0.25) is 0 Å². The van der Waals surface area contributed by atoms with E-state index in [4.69, 9.17) is 26.4 Å². The lowest BCUT2D eigenvalue weighted by molar-refractivity contribution is -0.123. The monoisotopic (exact) mass is 353 g/mol. The first-order valence-electron chi connectivity index (χ1n) is 7.00. The van der Waals surface area contributed by atoms with E-state index in [0.717, 1.165) is 5.56 Å². The Kier molecular flexibility index (Phi) is 5.54. The second kappa shape index (κ2) is 7.23. The molecule has 0 unspecified atom stereocenters. The van der Waals surface area contributed by atoms with Crippen molar-refractivity contribution in [2.24, 2.45) is 0 Å². The number of amides is 1. The van der Waals surface area contributed by atoms with Crippen LogP contribution in [-0.2, 0) is 4.79 Å². The zero-order valence-electron chi connectivity index (χ0n) is 13.7. The van der Waals surface area contributed by atoms with Gasteiger partial charge in [-0.1, -0.05) is 24.0 Å². The third kappa shape index (κ3) is 3.45. The third-order valence-corrected chi connectivity index (χ3v) is 4.69. The molecular weight excluding hydrogens is 334 g/mol. The van der Waals surface area contributed by atoms with Gasteiger partial charge in [0.25, 0.3) is 5.91 Å². The van der Waals surface area contributed by atoms with Crippen LogP contribution >= 0.6 is 24.0 Å². The van der Waals surface area contributed by atoms with Crippen LogP contribution < -0.4 is 14.2 Å². The lowest BCUT2D eigenvalue weighted by Gasteiger charge is -2.18. The normalized spacial score (nSPS) is 16.4. The summed E-state index contributed by atoms with van der Waals surface area (Å²) in [4.78, 5) is 14.7. The predicted octanol–water partition coefficient (Wildman–Crippen LogP) is 3.32. The molecule has 0 atom stereocenters. The number of methoxy groups -OCH3 is 3. The predicted molar refractivity (Wildman–Crippen MR) is 96.2 cm³/mol. The summed E-state index contributed by atoms with van der Waals surface area (Å²) in [5.41, 5.74) is 0.731. The van der Waals surface area contributed by atoms with Crippen molar-refractivity contribution in [3.8, 4) is 17.2 Å². The van der Waals surface area contributed by atoms with E-state index < -0.39 is 0 Å². The summed E-state index contributed by atoms with van der Waals surface area (Å²) in [6.45, 7) is 3.87. The number of carbonyl (C=O) groups is 1. The molecule has 1 aromatic carbocycles. The van der Waals surface area contributed by atoms with Crippen molar-refractivity contribution in [3.05, 3.63) is 22.6 Å². The average Bonchev–Trinajstić information content (AvgIpc) is 2.80. The first kappa shape index (κ1) is 17.6. The number of thiocarbonyl (C=S) groups is 1. The van der Waals surface area contributed by atoms with E-state index in [1.54, 1.807) is 44.4 Å². The van der Waals surface area contributed by atoms with Gasteiger partial charge < -0.3 is 14.2 Å². The summed E-state index contributed by atoms with van der Waals surface area (Å²) in [6.07, 6.45) is 1.77. The van der Waals surface area contributed by atoms with Gasteiger partial charge in [-0.2, -0.15) is 0 Å². The summed E-state index contributed by atoms with van der Waals surface area (Å²) in [7, 11) is 4.69. The smallest absolute Gasteiger partial charge is 0.266 e. The van der Waals surface area contributed by atoms with Crippen molar-refractivity contribution in [3.63, 3.8) is 0 Å². The van der Waals surface area contributed by atoms with E-state index in [1.165, 1.54) is 11.8 Å². The molecule has 1 fully saturated rings. The van der Waals surface area contributed by atoms with Gasteiger partial charge in [0.2, 0.25) is 0 Å². The quantitative estimate of drug-likeness (QED) is 0.598. The van der Waals surface area contributed by atoms with E-state index in [2.05, 4.69) is 0 Å². The molecule has 1 aromatic rings. The largest absolute Gasteiger partial charge is 0.496 e.